The lowest BCUT2D eigenvalue weighted by Crippen LogP contribution is -1.90. The minimum atomic E-state index is 0.0647. The zero-order valence-corrected chi connectivity index (χ0v) is 7.50. The van der Waals surface area contributed by atoms with E-state index in [2.05, 4.69) is 15.9 Å². The summed E-state index contributed by atoms with van der Waals surface area (Å²) in [5.41, 5.74) is 0.774. The molecule has 0 saturated heterocycles. The van der Waals surface area contributed by atoms with Crippen molar-refractivity contribution in [2.45, 2.75) is 6.42 Å². The highest BCUT2D eigenvalue weighted by molar-refractivity contribution is 9.10. The van der Waals surface area contributed by atoms with Gasteiger partial charge < -0.3 is 10.2 Å². The van der Waals surface area contributed by atoms with Crippen LogP contribution in [0.5, 0.6) is 5.75 Å². The Bertz CT molecular complexity index is 248. The van der Waals surface area contributed by atoms with Gasteiger partial charge in [0, 0.05) is 11.1 Å². The molecule has 0 saturated carbocycles. The lowest BCUT2D eigenvalue weighted by molar-refractivity contribution is 0.297. The van der Waals surface area contributed by atoms with Crippen molar-refractivity contribution in [3.63, 3.8) is 0 Å². The quantitative estimate of drug-likeness (QED) is 0.791. The molecule has 2 N–H and O–H groups in total. The third-order valence-corrected chi connectivity index (χ3v) is 1.92. The van der Waals surface area contributed by atoms with Gasteiger partial charge in [-0.05, 0) is 24.1 Å². The smallest absolute Gasteiger partial charge is 0.119 e. The molecule has 0 aliphatic heterocycles. The van der Waals surface area contributed by atoms with E-state index in [-0.39, 0.29) is 12.4 Å². The molecular weight excluding hydrogens is 208 g/mol. The van der Waals surface area contributed by atoms with E-state index in [1.165, 1.54) is 0 Å². The van der Waals surface area contributed by atoms with Crippen molar-refractivity contribution in [1.29, 1.82) is 0 Å². The first kappa shape index (κ1) is 8.56. The molecule has 0 atom stereocenters. The Kier molecular flexibility index (Phi) is 2.91. The molecule has 1 rings (SSSR count). The second-order valence-corrected chi connectivity index (χ2v) is 3.16. The van der Waals surface area contributed by atoms with E-state index in [1.807, 2.05) is 6.07 Å². The maximum absolute atomic E-state index is 9.28. The Morgan fingerprint density at radius 2 is 2.09 bits per heavy atom. The standard InChI is InChI=1S/C8H9BrO2/c9-7-2-1-6(3-4-10)8(11)5-7/h1-2,5,10-11H,3-4H2. The van der Waals surface area contributed by atoms with E-state index in [9.17, 15) is 5.11 Å². The summed E-state index contributed by atoms with van der Waals surface area (Å²) in [6.45, 7) is 0.0647. The molecule has 2 nitrogen and oxygen atoms in total. The van der Waals surface area contributed by atoms with Crippen LogP contribution >= 0.6 is 15.9 Å². The average Bonchev–Trinajstić information content (AvgIpc) is 1.95. The van der Waals surface area contributed by atoms with Gasteiger partial charge in [0.2, 0.25) is 0 Å². The SMILES string of the molecule is OCCc1ccc(Br)cc1O. The maximum Gasteiger partial charge on any atom is 0.119 e. The first-order chi connectivity index (χ1) is 5.24. The van der Waals surface area contributed by atoms with Crippen LogP contribution in [-0.4, -0.2) is 16.8 Å². The van der Waals surface area contributed by atoms with E-state index in [1.54, 1.807) is 12.1 Å². The molecule has 60 valence electrons. The van der Waals surface area contributed by atoms with Crippen LogP contribution in [0.3, 0.4) is 0 Å². The lowest BCUT2D eigenvalue weighted by atomic mass is 10.1. The summed E-state index contributed by atoms with van der Waals surface area (Å²) in [5.74, 6) is 0.230. The van der Waals surface area contributed by atoms with Gasteiger partial charge in [-0.2, -0.15) is 0 Å². The molecule has 0 aliphatic carbocycles. The van der Waals surface area contributed by atoms with Crippen molar-refractivity contribution in [3.8, 4) is 5.75 Å². The van der Waals surface area contributed by atoms with Crippen LogP contribution in [0.25, 0.3) is 0 Å². The van der Waals surface area contributed by atoms with Gasteiger partial charge in [-0.1, -0.05) is 22.0 Å². The third kappa shape index (κ3) is 2.20. The highest BCUT2D eigenvalue weighted by Crippen LogP contribution is 2.22. The number of hydrogen-bond acceptors (Lipinski definition) is 2. The van der Waals surface area contributed by atoms with E-state index >= 15 is 0 Å². The predicted octanol–water partition coefficient (Wildman–Crippen LogP) is 1.69. The van der Waals surface area contributed by atoms with Gasteiger partial charge in [0.1, 0.15) is 5.75 Å². The number of hydrogen-bond donors (Lipinski definition) is 2. The molecule has 0 aromatic heterocycles. The van der Waals surface area contributed by atoms with Crippen molar-refractivity contribution < 1.29 is 10.2 Å². The fourth-order valence-electron chi connectivity index (χ4n) is 0.869. The Morgan fingerprint density at radius 1 is 1.36 bits per heavy atom. The lowest BCUT2D eigenvalue weighted by Gasteiger charge is -2.01. The van der Waals surface area contributed by atoms with Gasteiger partial charge in [0.15, 0.2) is 0 Å². The summed E-state index contributed by atoms with van der Waals surface area (Å²) in [5, 5.41) is 17.9. The van der Waals surface area contributed by atoms with Crippen LogP contribution in [0.4, 0.5) is 0 Å². The molecule has 11 heavy (non-hydrogen) atoms. The number of benzene rings is 1. The molecule has 3 heteroatoms. The summed E-state index contributed by atoms with van der Waals surface area (Å²) in [6, 6.07) is 5.24. The highest BCUT2D eigenvalue weighted by atomic mass is 79.9. The molecule has 0 heterocycles. The largest absolute Gasteiger partial charge is 0.508 e. The summed E-state index contributed by atoms with van der Waals surface area (Å²) in [4.78, 5) is 0. The van der Waals surface area contributed by atoms with Gasteiger partial charge in [-0.25, -0.2) is 0 Å². The molecule has 1 aromatic rings. The molecule has 0 spiro atoms. The van der Waals surface area contributed by atoms with Crippen LogP contribution < -0.4 is 0 Å². The monoisotopic (exact) mass is 216 g/mol. The summed E-state index contributed by atoms with van der Waals surface area (Å²) in [7, 11) is 0. The fraction of sp³-hybridized carbons (Fsp3) is 0.250. The Labute approximate surface area is 73.6 Å². The number of aliphatic hydroxyl groups excluding tert-OH is 1. The van der Waals surface area contributed by atoms with Crippen LogP contribution in [0.2, 0.25) is 0 Å². The third-order valence-electron chi connectivity index (χ3n) is 1.43. The first-order valence-corrected chi connectivity index (χ1v) is 4.11. The summed E-state index contributed by atoms with van der Waals surface area (Å²) in [6.07, 6.45) is 0.499. The van der Waals surface area contributed by atoms with Crippen molar-refractivity contribution >= 4 is 15.9 Å². The number of phenols is 1. The molecule has 0 bridgehead atoms. The molecule has 1 aromatic carbocycles. The maximum atomic E-state index is 9.28. The van der Waals surface area contributed by atoms with E-state index < -0.39 is 0 Å². The van der Waals surface area contributed by atoms with E-state index in [0.29, 0.717) is 6.42 Å². The van der Waals surface area contributed by atoms with Gasteiger partial charge in [-0.3, -0.25) is 0 Å². The van der Waals surface area contributed by atoms with Crippen molar-refractivity contribution in [2.75, 3.05) is 6.61 Å². The Morgan fingerprint density at radius 3 is 2.64 bits per heavy atom. The fourth-order valence-corrected chi connectivity index (χ4v) is 1.22. The number of aliphatic hydroxyl groups is 1. The minimum absolute atomic E-state index is 0.0647. The molecule has 0 fully saturated rings. The van der Waals surface area contributed by atoms with Gasteiger partial charge in [0.05, 0.1) is 0 Å². The molecule has 0 aliphatic rings. The van der Waals surface area contributed by atoms with Crippen molar-refractivity contribution in [1.82, 2.24) is 0 Å². The van der Waals surface area contributed by atoms with Gasteiger partial charge >= 0.3 is 0 Å². The van der Waals surface area contributed by atoms with E-state index in [4.69, 9.17) is 5.11 Å². The van der Waals surface area contributed by atoms with Crippen LogP contribution in [-0.2, 0) is 6.42 Å². The van der Waals surface area contributed by atoms with Crippen LogP contribution in [0.1, 0.15) is 5.56 Å². The molecule has 0 amide bonds. The first-order valence-electron chi connectivity index (χ1n) is 3.32. The molecule has 0 unspecified atom stereocenters. The van der Waals surface area contributed by atoms with Crippen molar-refractivity contribution in [3.05, 3.63) is 28.2 Å². The highest BCUT2D eigenvalue weighted by Gasteiger charge is 1.99. The number of halogens is 1. The van der Waals surface area contributed by atoms with Crippen LogP contribution in [0, 0.1) is 0 Å². The zero-order chi connectivity index (χ0) is 8.27. The Balaban J connectivity index is 2.90. The topological polar surface area (TPSA) is 40.5 Å². The second-order valence-electron chi connectivity index (χ2n) is 2.25. The predicted molar refractivity (Wildman–Crippen MR) is 46.6 cm³/mol. The molecule has 0 radical (unpaired) electrons. The number of aromatic hydroxyl groups is 1. The number of phenolic OH excluding ortho intramolecular Hbond substituents is 1. The van der Waals surface area contributed by atoms with Crippen molar-refractivity contribution in [2.24, 2.45) is 0 Å². The minimum Gasteiger partial charge on any atom is -0.508 e. The Hall–Kier alpha value is -0.540. The number of rotatable bonds is 2. The van der Waals surface area contributed by atoms with Gasteiger partial charge in [-0.15, -0.1) is 0 Å². The average molecular weight is 217 g/mol. The van der Waals surface area contributed by atoms with Gasteiger partial charge in [0.25, 0.3) is 0 Å². The van der Waals surface area contributed by atoms with Crippen LogP contribution in [0.15, 0.2) is 22.7 Å². The zero-order valence-electron chi connectivity index (χ0n) is 5.92. The van der Waals surface area contributed by atoms with E-state index in [0.717, 1.165) is 10.0 Å². The summed E-state index contributed by atoms with van der Waals surface area (Å²) >= 11 is 3.22. The summed E-state index contributed by atoms with van der Waals surface area (Å²) < 4.78 is 0.844. The second kappa shape index (κ2) is 3.74. The normalized spacial score (nSPS) is 10.0. The molecular formula is C8H9BrO2.